The Balaban J connectivity index is 1.79. The van der Waals surface area contributed by atoms with Gasteiger partial charge in [-0.25, -0.2) is 0 Å². The van der Waals surface area contributed by atoms with Gasteiger partial charge in [-0.3, -0.25) is 0 Å². The normalized spacial score (nSPS) is 18.2. The molecule has 2 N–H and O–H groups in total. The molecule has 0 saturated carbocycles. The van der Waals surface area contributed by atoms with Crippen LogP contribution in [0, 0.1) is 0 Å². The lowest BCUT2D eigenvalue weighted by Gasteiger charge is -2.26. The quantitative estimate of drug-likeness (QED) is 0.835. The van der Waals surface area contributed by atoms with Crippen LogP contribution in [-0.4, -0.2) is 18.0 Å². The Morgan fingerprint density at radius 3 is 2.53 bits per heavy atom. The molecule has 1 heterocycles. The molecule has 0 spiro atoms. The second kappa shape index (κ2) is 4.38. The van der Waals surface area contributed by atoms with Crippen molar-refractivity contribution in [2.24, 2.45) is 5.73 Å². The third kappa shape index (κ3) is 2.01. The maximum atomic E-state index is 5.70. The van der Waals surface area contributed by atoms with Crippen molar-refractivity contribution < 1.29 is 0 Å². The van der Waals surface area contributed by atoms with E-state index in [2.05, 4.69) is 41.3 Å². The largest absolute Gasteiger partial charge is 0.371 e. The third-order valence-corrected chi connectivity index (χ3v) is 3.71. The number of allylic oxidation sites excluding steroid dienone is 3. The minimum Gasteiger partial charge on any atom is -0.371 e. The summed E-state index contributed by atoms with van der Waals surface area (Å²) in [6.07, 6.45) is 8.78. The van der Waals surface area contributed by atoms with Crippen LogP contribution in [0.25, 0.3) is 0 Å². The molecule has 0 amide bonds. The Labute approximate surface area is 102 Å². The highest BCUT2D eigenvalue weighted by molar-refractivity contribution is 5.37. The summed E-state index contributed by atoms with van der Waals surface area (Å²) in [6.45, 7) is 2.90. The molecule has 1 aromatic rings. The Bertz CT molecular complexity index is 486. The van der Waals surface area contributed by atoms with Gasteiger partial charge in [0.05, 0.1) is 0 Å². The number of hydrogen-bond acceptors (Lipinski definition) is 2. The van der Waals surface area contributed by atoms with E-state index < -0.39 is 0 Å². The first-order chi connectivity index (χ1) is 8.36. The van der Waals surface area contributed by atoms with E-state index in [4.69, 9.17) is 5.73 Å². The van der Waals surface area contributed by atoms with Gasteiger partial charge in [0.1, 0.15) is 0 Å². The summed E-state index contributed by atoms with van der Waals surface area (Å²) in [5, 5.41) is 0. The summed E-state index contributed by atoms with van der Waals surface area (Å²) >= 11 is 0. The fourth-order valence-electron chi connectivity index (χ4n) is 2.56. The predicted molar refractivity (Wildman–Crippen MR) is 70.5 cm³/mol. The molecule has 17 heavy (non-hydrogen) atoms. The van der Waals surface area contributed by atoms with Crippen LogP contribution in [0.1, 0.15) is 16.7 Å². The van der Waals surface area contributed by atoms with Gasteiger partial charge in [0, 0.05) is 25.3 Å². The minimum absolute atomic E-state index is 0.644. The highest BCUT2D eigenvalue weighted by Gasteiger charge is 2.16. The molecule has 2 heteroatoms. The van der Waals surface area contributed by atoms with Gasteiger partial charge in [-0.05, 0) is 41.7 Å². The van der Waals surface area contributed by atoms with Crippen LogP contribution in [0.15, 0.2) is 42.1 Å². The van der Waals surface area contributed by atoms with Crippen LogP contribution in [-0.2, 0) is 19.4 Å². The Morgan fingerprint density at radius 1 is 1.12 bits per heavy atom. The van der Waals surface area contributed by atoms with E-state index in [0.717, 1.165) is 25.9 Å². The van der Waals surface area contributed by atoms with E-state index in [0.29, 0.717) is 6.54 Å². The molecule has 0 atom stereocenters. The fraction of sp³-hybridized carbons (Fsp3) is 0.333. The Kier molecular flexibility index (Phi) is 2.73. The molecule has 2 nitrogen and oxygen atoms in total. The number of nitrogens with two attached hydrogens (primary N) is 1. The van der Waals surface area contributed by atoms with Crippen LogP contribution in [0.5, 0.6) is 0 Å². The third-order valence-electron chi connectivity index (χ3n) is 3.71. The van der Waals surface area contributed by atoms with Gasteiger partial charge >= 0.3 is 0 Å². The Hall–Kier alpha value is -1.54. The highest BCUT2D eigenvalue weighted by Crippen LogP contribution is 2.22. The van der Waals surface area contributed by atoms with Crippen LogP contribution in [0.3, 0.4) is 0 Å². The van der Waals surface area contributed by atoms with Crippen molar-refractivity contribution >= 4 is 0 Å². The van der Waals surface area contributed by atoms with E-state index in [9.17, 15) is 0 Å². The van der Waals surface area contributed by atoms with E-state index in [1.807, 2.05) is 0 Å². The van der Waals surface area contributed by atoms with Crippen LogP contribution in [0.2, 0.25) is 0 Å². The molecule has 0 saturated heterocycles. The zero-order valence-corrected chi connectivity index (χ0v) is 10.0. The number of rotatable bonds is 2. The average Bonchev–Trinajstić information content (AvgIpc) is 2.49. The van der Waals surface area contributed by atoms with Crippen molar-refractivity contribution in [2.75, 3.05) is 13.1 Å². The van der Waals surface area contributed by atoms with Crippen molar-refractivity contribution in [3.63, 3.8) is 0 Å². The van der Waals surface area contributed by atoms with Crippen LogP contribution >= 0.6 is 0 Å². The van der Waals surface area contributed by atoms with Crippen molar-refractivity contribution in [3.8, 4) is 0 Å². The second-order valence-corrected chi connectivity index (χ2v) is 4.74. The zero-order valence-electron chi connectivity index (χ0n) is 10.0. The zero-order chi connectivity index (χ0) is 11.7. The van der Waals surface area contributed by atoms with Gasteiger partial charge in [0.2, 0.25) is 0 Å². The molecular formula is C15H18N2. The number of hydrogen-bond donors (Lipinski definition) is 1. The average molecular weight is 226 g/mol. The van der Waals surface area contributed by atoms with E-state index in [1.165, 1.54) is 22.4 Å². The van der Waals surface area contributed by atoms with Crippen LogP contribution in [0.4, 0.5) is 0 Å². The van der Waals surface area contributed by atoms with E-state index in [1.54, 1.807) is 0 Å². The first-order valence-corrected chi connectivity index (χ1v) is 6.31. The molecule has 3 rings (SSSR count). The van der Waals surface area contributed by atoms with E-state index in [-0.39, 0.29) is 0 Å². The van der Waals surface area contributed by atoms with Crippen molar-refractivity contribution in [1.82, 2.24) is 4.90 Å². The second-order valence-electron chi connectivity index (χ2n) is 4.74. The molecule has 1 aliphatic carbocycles. The number of fused-ring (bicyclic) bond motifs is 1. The summed E-state index contributed by atoms with van der Waals surface area (Å²) in [5.74, 6) is 0. The molecule has 88 valence electrons. The maximum Gasteiger partial charge on any atom is 0.0366 e. The topological polar surface area (TPSA) is 29.3 Å². The number of nitrogens with zero attached hydrogens (tertiary/aromatic N) is 1. The first kappa shape index (κ1) is 10.6. The monoisotopic (exact) mass is 226 g/mol. The standard InChI is InChI=1S/C15H18N2/c16-11-12-4-5-13-6-8-17(15-2-1-3-15)9-7-14(13)10-12/h1-5,10H,6-9,11,16H2. The van der Waals surface area contributed by atoms with Crippen molar-refractivity contribution in [2.45, 2.75) is 19.4 Å². The van der Waals surface area contributed by atoms with Gasteiger partial charge in [-0.2, -0.15) is 0 Å². The molecule has 0 fully saturated rings. The Morgan fingerprint density at radius 2 is 1.88 bits per heavy atom. The van der Waals surface area contributed by atoms with Gasteiger partial charge in [-0.15, -0.1) is 0 Å². The minimum atomic E-state index is 0.644. The molecule has 0 radical (unpaired) electrons. The summed E-state index contributed by atoms with van der Waals surface area (Å²) in [5.41, 5.74) is 11.3. The first-order valence-electron chi connectivity index (χ1n) is 6.31. The number of benzene rings is 1. The molecule has 0 unspecified atom stereocenters. The summed E-state index contributed by atoms with van der Waals surface area (Å²) in [7, 11) is 0. The lowest BCUT2D eigenvalue weighted by atomic mass is 10.0. The van der Waals surface area contributed by atoms with Gasteiger partial charge < -0.3 is 10.6 Å². The van der Waals surface area contributed by atoms with Gasteiger partial charge in [-0.1, -0.05) is 24.3 Å². The highest BCUT2D eigenvalue weighted by atomic mass is 15.1. The molecule has 1 aliphatic heterocycles. The van der Waals surface area contributed by atoms with Gasteiger partial charge in [0.25, 0.3) is 0 Å². The maximum absolute atomic E-state index is 5.70. The molecule has 0 bridgehead atoms. The summed E-state index contributed by atoms with van der Waals surface area (Å²) in [4.78, 5) is 2.47. The summed E-state index contributed by atoms with van der Waals surface area (Å²) in [6, 6.07) is 6.70. The van der Waals surface area contributed by atoms with Crippen molar-refractivity contribution in [3.05, 3.63) is 58.8 Å². The van der Waals surface area contributed by atoms with Crippen molar-refractivity contribution in [1.29, 1.82) is 0 Å². The SMILES string of the molecule is NCc1ccc2c(c1)CCN(C1=CC=C1)CC2. The molecule has 0 aromatic heterocycles. The molecular weight excluding hydrogens is 208 g/mol. The summed E-state index contributed by atoms with van der Waals surface area (Å²) < 4.78 is 0. The lowest BCUT2D eigenvalue weighted by molar-refractivity contribution is 0.370. The van der Waals surface area contributed by atoms with Crippen LogP contribution < -0.4 is 5.73 Å². The lowest BCUT2D eigenvalue weighted by Crippen LogP contribution is -2.26. The smallest absolute Gasteiger partial charge is 0.0366 e. The molecule has 1 aromatic carbocycles. The molecule has 2 aliphatic rings. The van der Waals surface area contributed by atoms with E-state index >= 15 is 0 Å². The van der Waals surface area contributed by atoms with Gasteiger partial charge in [0.15, 0.2) is 0 Å². The fourth-order valence-corrected chi connectivity index (χ4v) is 2.56. The predicted octanol–water partition coefficient (Wildman–Crippen LogP) is 2.00.